The first-order chi connectivity index (χ1) is 6.36. The smallest absolute Gasteiger partial charge is 0.216 e. The minimum Gasteiger partial charge on any atom is -0.303 e. The van der Waals surface area contributed by atoms with Gasteiger partial charge in [0.1, 0.15) is 0 Å². The zero-order valence-electron chi connectivity index (χ0n) is 7.79. The molecule has 0 fully saturated rings. The fraction of sp³-hybridized carbons (Fsp3) is 0.364. The average molecular weight is 176 g/mol. The van der Waals surface area contributed by atoms with E-state index >= 15 is 0 Å². The standard InChI is InChI=1S/C11H14NO/c1-2-11(9-13)12-8-10-6-4-3-5-7-10/h3-7,11-12H,2,8H2,1H3. The molecule has 0 heterocycles. The van der Waals surface area contributed by atoms with Crippen LogP contribution in [0, 0.1) is 0 Å². The van der Waals surface area contributed by atoms with E-state index in [1.807, 2.05) is 43.5 Å². The summed E-state index contributed by atoms with van der Waals surface area (Å²) >= 11 is 0. The molecule has 0 saturated carbocycles. The Hall–Kier alpha value is -1.15. The SMILES string of the molecule is CCC([C]=O)NCc1ccccc1. The first kappa shape index (κ1) is 9.93. The van der Waals surface area contributed by atoms with Gasteiger partial charge in [0.25, 0.3) is 0 Å². The zero-order valence-corrected chi connectivity index (χ0v) is 7.79. The summed E-state index contributed by atoms with van der Waals surface area (Å²) in [7, 11) is 0. The molecule has 1 aromatic carbocycles. The Bertz CT molecular complexity index is 246. The highest BCUT2D eigenvalue weighted by Gasteiger charge is 2.02. The zero-order chi connectivity index (χ0) is 9.52. The predicted molar refractivity (Wildman–Crippen MR) is 53.1 cm³/mol. The molecule has 69 valence electrons. The Morgan fingerprint density at radius 3 is 2.62 bits per heavy atom. The summed E-state index contributed by atoms with van der Waals surface area (Å²) in [5.41, 5.74) is 1.19. The summed E-state index contributed by atoms with van der Waals surface area (Å²) in [6.45, 7) is 2.70. The fourth-order valence-corrected chi connectivity index (χ4v) is 1.11. The molecule has 0 aromatic heterocycles. The second kappa shape index (κ2) is 5.49. The summed E-state index contributed by atoms with van der Waals surface area (Å²) in [6, 6.07) is 9.88. The molecule has 0 bridgehead atoms. The van der Waals surface area contributed by atoms with Crippen LogP contribution in [0.1, 0.15) is 18.9 Å². The summed E-state index contributed by atoms with van der Waals surface area (Å²) in [4.78, 5) is 10.4. The largest absolute Gasteiger partial charge is 0.303 e. The van der Waals surface area contributed by atoms with Gasteiger partial charge < -0.3 is 5.32 Å². The molecule has 0 aliphatic carbocycles. The first-order valence-electron chi connectivity index (χ1n) is 4.51. The van der Waals surface area contributed by atoms with E-state index in [-0.39, 0.29) is 6.04 Å². The van der Waals surface area contributed by atoms with Gasteiger partial charge >= 0.3 is 0 Å². The number of carbonyl (C=O) groups excluding carboxylic acids is 1. The number of rotatable bonds is 5. The minimum absolute atomic E-state index is 0.139. The Morgan fingerprint density at radius 2 is 2.08 bits per heavy atom. The van der Waals surface area contributed by atoms with Crippen LogP contribution >= 0.6 is 0 Å². The van der Waals surface area contributed by atoms with Crippen molar-refractivity contribution in [3.63, 3.8) is 0 Å². The second-order valence-electron chi connectivity index (χ2n) is 2.95. The van der Waals surface area contributed by atoms with Crippen molar-refractivity contribution >= 4 is 6.29 Å². The van der Waals surface area contributed by atoms with Gasteiger partial charge in [0.2, 0.25) is 6.29 Å². The van der Waals surface area contributed by atoms with Crippen molar-refractivity contribution in [1.82, 2.24) is 5.32 Å². The molecule has 0 aliphatic rings. The van der Waals surface area contributed by atoms with Crippen LogP contribution < -0.4 is 5.32 Å². The maximum absolute atomic E-state index is 10.4. The summed E-state index contributed by atoms with van der Waals surface area (Å²) in [6.07, 6.45) is 2.75. The molecule has 0 spiro atoms. The van der Waals surface area contributed by atoms with E-state index in [1.54, 1.807) is 0 Å². The van der Waals surface area contributed by atoms with Gasteiger partial charge in [-0.25, -0.2) is 0 Å². The van der Waals surface area contributed by atoms with Crippen LogP contribution in [-0.2, 0) is 11.3 Å². The second-order valence-corrected chi connectivity index (χ2v) is 2.95. The van der Waals surface area contributed by atoms with E-state index in [0.717, 1.165) is 13.0 Å². The third-order valence-electron chi connectivity index (χ3n) is 1.95. The predicted octanol–water partition coefficient (Wildman–Crippen LogP) is 1.66. The monoisotopic (exact) mass is 176 g/mol. The maximum atomic E-state index is 10.4. The Balaban J connectivity index is 2.38. The fourth-order valence-electron chi connectivity index (χ4n) is 1.11. The lowest BCUT2D eigenvalue weighted by Crippen LogP contribution is -2.28. The third kappa shape index (κ3) is 3.38. The molecule has 1 aromatic rings. The van der Waals surface area contributed by atoms with Gasteiger partial charge in [0.15, 0.2) is 0 Å². The van der Waals surface area contributed by atoms with Crippen molar-refractivity contribution in [2.24, 2.45) is 0 Å². The van der Waals surface area contributed by atoms with Crippen LogP contribution in [0.5, 0.6) is 0 Å². The van der Waals surface area contributed by atoms with Crippen LogP contribution in [0.2, 0.25) is 0 Å². The van der Waals surface area contributed by atoms with Crippen LogP contribution in [0.25, 0.3) is 0 Å². The topological polar surface area (TPSA) is 29.1 Å². The van der Waals surface area contributed by atoms with Crippen LogP contribution in [0.3, 0.4) is 0 Å². The molecular formula is C11H14NO. The maximum Gasteiger partial charge on any atom is 0.216 e. The van der Waals surface area contributed by atoms with Gasteiger partial charge in [-0.1, -0.05) is 37.3 Å². The van der Waals surface area contributed by atoms with E-state index < -0.39 is 0 Å². The van der Waals surface area contributed by atoms with Crippen molar-refractivity contribution in [3.8, 4) is 0 Å². The van der Waals surface area contributed by atoms with E-state index in [9.17, 15) is 4.79 Å². The minimum atomic E-state index is -0.139. The highest BCUT2D eigenvalue weighted by Crippen LogP contribution is 1.98. The van der Waals surface area contributed by atoms with Crippen LogP contribution in [0.15, 0.2) is 30.3 Å². The van der Waals surface area contributed by atoms with Gasteiger partial charge in [-0.2, -0.15) is 0 Å². The van der Waals surface area contributed by atoms with Gasteiger partial charge in [0, 0.05) is 6.54 Å². The molecule has 1 unspecified atom stereocenters. The molecule has 2 heteroatoms. The van der Waals surface area contributed by atoms with Crippen molar-refractivity contribution in [2.75, 3.05) is 0 Å². The van der Waals surface area contributed by atoms with Crippen LogP contribution in [-0.4, -0.2) is 12.3 Å². The molecule has 1 radical (unpaired) electrons. The highest BCUT2D eigenvalue weighted by atomic mass is 16.1. The van der Waals surface area contributed by atoms with Crippen molar-refractivity contribution in [3.05, 3.63) is 35.9 Å². The number of hydrogen-bond donors (Lipinski definition) is 1. The van der Waals surface area contributed by atoms with Gasteiger partial charge in [-0.3, -0.25) is 4.79 Å². The Kier molecular flexibility index (Phi) is 4.19. The summed E-state index contributed by atoms with van der Waals surface area (Å²) in [5, 5.41) is 3.11. The molecule has 0 saturated heterocycles. The van der Waals surface area contributed by atoms with Gasteiger partial charge in [-0.05, 0) is 12.0 Å². The number of hydrogen-bond acceptors (Lipinski definition) is 2. The lowest BCUT2D eigenvalue weighted by molar-refractivity contribution is 0.508. The first-order valence-corrected chi connectivity index (χ1v) is 4.51. The third-order valence-corrected chi connectivity index (χ3v) is 1.95. The highest BCUT2D eigenvalue weighted by molar-refractivity contribution is 5.58. The number of benzene rings is 1. The molecule has 2 nitrogen and oxygen atoms in total. The van der Waals surface area contributed by atoms with E-state index in [4.69, 9.17) is 0 Å². The molecule has 1 atom stereocenters. The van der Waals surface area contributed by atoms with E-state index in [1.165, 1.54) is 5.56 Å². The lowest BCUT2D eigenvalue weighted by Gasteiger charge is -2.08. The van der Waals surface area contributed by atoms with E-state index in [0.29, 0.717) is 0 Å². The van der Waals surface area contributed by atoms with Crippen molar-refractivity contribution < 1.29 is 4.79 Å². The molecule has 0 amide bonds. The molecule has 1 N–H and O–H groups in total. The summed E-state index contributed by atoms with van der Waals surface area (Å²) in [5.74, 6) is 0. The van der Waals surface area contributed by atoms with Crippen LogP contribution in [0.4, 0.5) is 0 Å². The lowest BCUT2D eigenvalue weighted by atomic mass is 10.2. The molecule has 0 aliphatic heterocycles. The summed E-state index contributed by atoms with van der Waals surface area (Å²) < 4.78 is 0. The van der Waals surface area contributed by atoms with Crippen molar-refractivity contribution in [2.45, 2.75) is 25.9 Å². The van der Waals surface area contributed by atoms with Gasteiger partial charge in [0.05, 0.1) is 6.04 Å². The molecule has 1 rings (SSSR count). The molecule has 13 heavy (non-hydrogen) atoms. The van der Waals surface area contributed by atoms with E-state index in [2.05, 4.69) is 5.32 Å². The van der Waals surface area contributed by atoms with Crippen molar-refractivity contribution in [1.29, 1.82) is 0 Å². The molecular weight excluding hydrogens is 162 g/mol. The normalized spacial score (nSPS) is 12.4. The quantitative estimate of drug-likeness (QED) is 0.739. The van der Waals surface area contributed by atoms with Gasteiger partial charge in [-0.15, -0.1) is 0 Å². The average Bonchev–Trinajstić information content (AvgIpc) is 2.21. The Labute approximate surface area is 79.0 Å². The number of nitrogens with one attached hydrogen (secondary N) is 1. The Morgan fingerprint density at radius 1 is 1.38 bits per heavy atom.